The second kappa shape index (κ2) is 6.28. The van der Waals surface area contributed by atoms with Crippen molar-refractivity contribution in [1.82, 2.24) is 4.90 Å². The number of rotatable bonds is 3. The van der Waals surface area contributed by atoms with Gasteiger partial charge in [-0.3, -0.25) is 9.69 Å². The van der Waals surface area contributed by atoms with Crippen molar-refractivity contribution < 1.29 is 9.90 Å². The van der Waals surface area contributed by atoms with Crippen LogP contribution in [0.25, 0.3) is 6.08 Å². The Bertz CT molecular complexity index is 599. The Morgan fingerprint density at radius 1 is 1.50 bits per heavy atom. The molecule has 0 saturated carbocycles. The Balaban J connectivity index is 2.30. The number of amides is 1. The van der Waals surface area contributed by atoms with Crippen LogP contribution in [0.3, 0.4) is 0 Å². The molecule has 0 aromatic heterocycles. The number of nitrogens with zero attached hydrogens (tertiary/aromatic N) is 1. The van der Waals surface area contributed by atoms with E-state index in [-0.39, 0.29) is 11.7 Å². The van der Waals surface area contributed by atoms with Gasteiger partial charge >= 0.3 is 0 Å². The van der Waals surface area contributed by atoms with E-state index in [1.54, 1.807) is 29.2 Å². The van der Waals surface area contributed by atoms with Gasteiger partial charge in [0.25, 0.3) is 5.91 Å². The SMILES string of the molecule is CC(C)CN1C(=O)/C(=C/c2cc(Br)ccc2O)SC1=S. The quantitative estimate of drug-likeness (QED) is 0.643. The molecule has 1 saturated heterocycles. The first-order valence-electron chi connectivity index (χ1n) is 6.12. The van der Waals surface area contributed by atoms with Crippen LogP contribution < -0.4 is 0 Å². The number of thioether (sulfide) groups is 1. The number of hydrogen-bond donors (Lipinski definition) is 1. The number of halogens is 1. The normalized spacial score (nSPS) is 17.6. The van der Waals surface area contributed by atoms with Gasteiger partial charge in [0.1, 0.15) is 10.1 Å². The zero-order valence-corrected chi connectivity index (χ0v) is 14.3. The molecular weight excluding hydrogens is 358 g/mol. The summed E-state index contributed by atoms with van der Waals surface area (Å²) in [6.45, 7) is 4.71. The number of phenols is 1. The van der Waals surface area contributed by atoms with Crippen molar-refractivity contribution in [3.63, 3.8) is 0 Å². The third-order valence-corrected chi connectivity index (χ3v) is 4.57. The van der Waals surface area contributed by atoms with Gasteiger partial charge in [0.05, 0.1) is 4.91 Å². The van der Waals surface area contributed by atoms with Gasteiger partial charge < -0.3 is 5.11 Å². The summed E-state index contributed by atoms with van der Waals surface area (Å²) < 4.78 is 1.42. The second-order valence-electron chi connectivity index (χ2n) is 4.89. The topological polar surface area (TPSA) is 40.5 Å². The molecule has 1 aliphatic rings. The van der Waals surface area contributed by atoms with Crippen LogP contribution in [0, 0.1) is 5.92 Å². The molecule has 0 spiro atoms. The molecular formula is C14H14BrNO2S2. The molecule has 0 unspecified atom stereocenters. The molecule has 0 bridgehead atoms. The summed E-state index contributed by atoms with van der Waals surface area (Å²) in [6.07, 6.45) is 1.68. The van der Waals surface area contributed by atoms with Crippen molar-refractivity contribution in [2.45, 2.75) is 13.8 Å². The number of phenolic OH excluding ortho intramolecular Hbond substituents is 1. The average molecular weight is 372 g/mol. The van der Waals surface area contributed by atoms with Gasteiger partial charge in [-0.2, -0.15) is 0 Å². The molecule has 1 N–H and O–H groups in total. The minimum Gasteiger partial charge on any atom is -0.507 e. The Morgan fingerprint density at radius 2 is 2.20 bits per heavy atom. The van der Waals surface area contributed by atoms with Gasteiger partial charge in [0, 0.05) is 16.6 Å². The molecule has 0 aliphatic carbocycles. The van der Waals surface area contributed by atoms with Crippen molar-refractivity contribution in [1.29, 1.82) is 0 Å². The molecule has 0 atom stereocenters. The smallest absolute Gasteiger partial charge is 0.266 e. The third-order valence-electron chi connectivity index (χ3n) is 2.70. The van der Waals surface area contributed by atoms with Crippen LogP contribution in [0.2, 0.25) is 0 Å². The Hall–Kier alpha value is -0.850. The first-order valence-corrected chi connectivity index (χ1v) is 8.14. The number of carbonyl (C=O) groups is 1. The van der Waals surface area contributed by atoms with Gasteiger partial charge in [-0.25, -0.2) is 0 Å². The second-order valence-corrected chi connectivity index (χ2v) is 7.48. The molecule has 6 heteroatoms. The Kier molecular flexibility index (Phi) is 4.88. The lowest BCUT2D eigenvalue weighted by Crippen LogP contribution is -2.31. The molecule has 106 valence electrons. The lowest BCUT2D eigenvalue weighted by atomic mass is 10.1. The molecule has 1 fully saturated rings. The Labute approximate surface area is 136 Å². The average Bonchev–Trinajstić information content (AvgIpc) is 2.61. The van der Waals surface area contributed by atoms with Crippen molar-refractivity contribution in [3.8, 4) is 5.75 Å². The molecule has 20 heavy (non-hydrogen) atoms. The summed E-state index contributed by atoms with van der Waals surface area (Å²) in [5.74, 6) is 0.409. The number of thiocarbonyl (C=S) groups is 1. The number of carbonyl (C=O) groups excluding carboxylic acids is 1. The highest BCUT2D eigenvalue weighted by Gasteiger charge is 2.32. The van der Waals surface area contributed by atoms with E-state index in [9.17, 15) is 9.90 Å². The van der Waals surface area contributed by atoms with E-state index in [0.29, 0.717) is 27.3 Å². The minimum absolute atomic E-state index is 0.0897. The maximum Gasteiger partial charge on any atom is 0.266 e. The van der Waals surface area contributed by atoms with E-state index < -0.39 is 0 Å². The molecule has 0 radical (unpaired) electrons. The maximum atomic E-state index is 12.3. The standard InChI is InChI=1S/C14H14BrNO2S2/c1-8(2)7-16-13(18)12(20-14(16)19)6-9-5-10(15)3-4-11(9)17/h3-6,8,17H,7H2,1-2H3/b12-6-. The molecule has 1 aliphatic heterocycles. The summed E-state index contributed by atoms with van der Waals surface area (Å²) in [4.78, 5) is 14.5. The van der Waals surface area contributed by atoms with Crippen LogP contribution in [-0.2, 0) is 4.79 Å². The van der Waals surface area contributed by atoms with E-state index in [4.69, 9.17) is 12.2 Å². The summed E-state index contributed by atoms with van der Waals surface area (Å²) >= 11 is 9.87. The highest BCUT2D eigenvalue weighted by Crippen LogP contribution is 2.35. The summed E-state index contributed by atoms with van der Waals surface area (Å²) in [6, 6.07) is 5.10. The number of aromatic hydroxyl groups is 1. The summed E-state index contributed by atoms with van der Waals surface area (Å²) in [7, 11) is 0. The minimum atomic E-state index is -0.0897. The van der Waals surface area contributed by atoms with Gasteiger partial charge in [0.15, 0.2) is 0 Å². The fourth-order valence-corrected chi connectivity index (χ4v) is 3.45. The molecule has 1 aromatic rings. The van der Waals surface area contributed by atoms with Crippen molar-refractivity contribution in [2.24, 2.45) is 5.92 Å². The molecule has 3 nitrogen and oxygen atoms in total. The molecule has 1 aromatic carbocycles. The van der Waals surface area contributed by atoms with E-state index in [2.05, 4.69) is 15.9 Å². The van der Waals surface area contributed by atoms with E-state index in [1.807, 2.05) is 13.8 Å². The maximum absolute atomic E-state index is 12.3. The fraction of sp³-hybridized carbons (Fsp3) is 0.286. The Morgan fingerprint density at radius 3 is 2.85 bits per heavy atom. The van der Waals surface area contributed by atoms with Gasteiger partial charge in [-0.15, -0.1) is 0 Å². The molecule has 1 heterocycles. The largest absolute Gasteiger partial charge is 0.507 e. The van der Waals surface area contributed by atoms with Gasteiger partial charge in [-0.1, -0.05) is 53.8 Å². The van der Waals surface area contributed by atoms with Crippen LogP contribution in [0.1, 0.15) is 19.4 Å². The summed E-state index contributed by atoms with van der Waals surface area (Å²) in [5.41, 5.74) is 0.601. The highest BCUT2D eigenvalue weighted by molar-refractivity contribution is 9.10. The third kappa shape index (κ3) is 3.42. The summed E-state index contributed by atoms with van der Waals surface area (Å²) in [5, 5.41) is 9.83. The highest BCUT2D eigenvalue weighted by atomic mass is 79.9. The van der Waals surface area contributed by atoms with E-state index >= 15 is 0 Å². The monoisotopic (exact) mass is 371 g/mol. The lowest BCUT2D eigenvalue weighted by molar-refractivity contribution is -0.122. The number of benzene rings is 1. The van der Waals surface area contributed by atoms with Crippen molar-refractivity contribution in [3.05, 3.63) is 33.1 Å². The zero-order valence-electron chi connectivity index (χ0n) is 11.1. The first-order chi connectivity index (χ1) is 9.38. The zero-order chi connectivity index (χ0) is 14.9. The van der Waals surface area contributed by atoms with Crippen molar-refractivity contribution >= 4 is 56.2 Å². The van der Waals surface area contributed by atoms with Crippen LogP contribution in [0.15, 0.2) is 27.6 Å². The van der Waals surface area contributed by atoms with Crippen LogP contribution >= 0.6 is 39.9 Å². The predicted molar refractivity (Wildman–Crippen MR) is 90.5 cm³/mol. The van der Waals surface area contributed by atoms with Crippen LogP contribution in [0.5, 0.6) is 5.75 Å². The van der Waals surface area contributed by atoms with Crippen molar-refractivity contribution in [2.75, 3.05) is 6.54 Å². The van der Waals surface area contributed by atoms with Gasteiger partial charge in [-0.05, 0) is 30.2 Å². The number of hydrogen-bond acceptors (Lipinski definition) is 4. The molecule has 1 amide bonds. The lowest BCUT2D eigenvalue weighted by Gasteiger charge is -2.16. The van der Waals surface area contributed by atoms with Crippen LogP contribution in [0.4, 0.5) is 0 Å². The van der Waals surface area contributed by atoms with Gasteiger partial charge in [0.2, 0.25) is 0 Å². The fourth-order valence-electron chi connectivity index (χ4n) is 1.80. The van der Waals surface area contributed by atoms with E-state index in [0.717, 1.165) is 4.47 Å². The first kappa shape index (κ1) is 15.5. The molecule has 2 rings (SSSR count). The van der Waals surface area contributed by atoms with Crippen LogP contribution in [-0.4, -0.2) is 26.8 Å². The van der Waals surface area contributed by atoms with E-state index in [1.165, 1.54) is 11.8 Å². The predicted octanol–water partition coefficient (Wildman–Crippen LogP) is 4.01.